The van der Waals surface area contributed by atoms with Crippen molar-refractivity contribution in [2.24, 2.45) is 0 Å². The number of aromatic nitrogens is 4. The van der Waals surface area contributed by atoms with Gasteiger partial charge in [-0.05, 0) is 6.26 Å². The molecule has 0 aliphatic rings. The number of hydrogen-bond donors (Lipinski definition) is 0. The van der Waals surface area contributed by atoms with Crippen LogP contribution in [0.2, 0.25) is 0 Å². The fourth-order valence-electron chi connectivity index (χ4n) is 1.88. The number of fused-ring (bicyclic) bond motifs is 1. The number of hydrogen-bond acceptors (Lipinski definition) is 4. The molecule has 19 heavy (non-hydrogen) atoms. The molecule has 0 saturated heterocycles. The lowest BCUT2D eigenvalue weighted by molar-refractivity contribution is 1.03. The predicted octanol–water partition coefficient (Wildman–Crippen LogP) is 3.06. The van der Waals surface area contributed by atoms with Crippen LogP contribution in [-0.2, 0) is 0 Å². The zero-order chi connectivity index (χ0) is 13.2. The zero-order valence-electron chi connectivity index (χ0n) is 10.1. The van der Waals surface area contributed by atoms with Gasteiger partial charge in [-0.3, -0.25) is 4.40 Å². The minimum atomic E-state index is 0.449. The van der Waals surface area contributed by atoms with Crippen molar-refractivity contribution in [2.45, 2.75) is 5.03 Å². The van der Waals surface area contributed by atoms with Crippen LogP contribution >= 0.6 is 11.8 Å². The summed E-state index contributed by atoms with van der Waals surface area (Å²) in [7, 11) is 0. The molecule has 0 unspecified atom stereocenters. The first-order valence-corrected chi connectivity index (χ1v) is 6.78. The highest BCUT2D eigenvalue weighted by Crippen LogP contribution is 2.32. The third-order valence-electron chi connectivity index (χ3n) is 2.73. The molecule has 2 aromatic heterocycles. The smallest absolute Gasteiger partial charge is 0.262 e. The third-order valence-corrected chi connectivity index (χ3v) is 3.41. The number of rotatable bonds is 2. The quantitative estimate of drug-likeness (QED) is 0.407. The molecule has 0 fully saturated rings. The molecule has 0 bridgehead atoms. The Morgan fingerprint density at radius 1 is 1.26 bits per heavy atom. The van der Waals surface area contributed by atoms with E-state index in [0.29, 0.717) is 16.4 Å². The highest BCUT2D eigenvalue weighted by Gasteiger charge is 2.16. The Morgan fingerprint density at radius 3 is 2.74 bits per heavy atom. The standard InChI is InChI=1S/C13H9N5S/c1-14-10-12-17-15-8-18(12)11(16-13(10)19-2)9-6-4-3-5-7-9/h3-8H,2H3. The van der Waals surface area contributed by atoms with Crippen molar-refractivity contribution >= 4 is 23.1 Å². The van der Waals surface area contributed by atoms with Crippen molar-refractivity contribution in [3.8, 4) is 11.4 Å². The summed E-state index contributed by atoms with van der Waals surface area (Å²) >= 11 is 1.44. The molecule has 0 aliphatic heterocycles. The molecule has 0 atom stereocenters. The molecule has 3 aromatic rings. The molecule has 92 valence electrons. The van der Waals surface area contributed by atoms with Gasteiger partial charge in [-0.2, -0.15) is 0 Å². The molecule has 0 spiro atoms. The fourth-order valence-corrected chi connectivity index (χ4v) is 2.39. The summed E-state index contributed by atoms with van der Waals surface area (Å²) in [6, 6.07) is 9.81. The Balaban J connectivity index is 2.38. The van der Waals surface area contributed by atoms with Gasteiger partial charge in [0.25, 0.3) is 5.69 Å². The van der Waals surface area contributed by atoms with E-state index in [0.717, 1.165) is 11.4 Å². The van der Waals surface area contributed by atoms with Gasteiger partial charge < -0.3 is 0 Å². The maximum atomic E-state index is 7.27. The summed E-state index contributed by atoms with van der Waals surface area (Å²) in [5, 5.41) is 8.60. The molecule has 0 radical (unpaired) electrons. The predicted molar refractivity (Wildman–Crippen MR) is 74.3 cm³/mol. The van der Waals surface area contributed by atoms with E-state index in [1.807, 2.05) is 36.6 Å². The van der Waals surface area contributed by atoms with Crippen molar-refractivity contribution in [3.63, 3.8) is 0 Å². The summed E-state index contributed by atoms with van der Waals surface area (Å²) in [5.41, 5.74) is 1.97. The number of nitrogens with zero attached hydrogens (tertiary/aromatic N) is 5. The van der Waals surface area contributed by atoms with Crippen LogP contribution < -0.4 is 0 Å². The van der Waals surface area contributed by atoms with Crippen LogP contribution in [0, 0.1) is 6.57 Å². The maximum absolute atomic E-state index is 7.27. The normalized spacial score (nSPS) is 10.5. The van der Waals surface area contributed by atoms with Gasteiger partial charge in [0.1, 0.15) is 17.2 Å². The van der Waals surface area contributed by atoms with Crippen LogP contribution in [0.25, 0.3) is 21.9 Å². The van der Waals surface area contributed by atoms with Crippen molar-refractivity contribution in [1.29, 1.82) is 0 Å². The Hall–Kier alpha value is -2.39. The molecule has 2 heterocycles. The van der Waals surface area contributed by atoms with E-state index in [1.54, 1.807) is 10.7 Å². The molecular weight excluding hydrogens is 258 g/mol. The van der Waals surface area contributed by atoms with E-state index in [9.17, 15) is 0 Å². The topological polar surface area (TPSA) is 47.4 Å². The van der Waals surface area contributed by atoms with E-state index in [2.05, 4.69) is 20.0 Å². The molecule has 0 aliphatic carbocycles. The molecule has 0 N–H and O–H groups in total. The van der Waals surface area contributed by atoms with E-state index >= 15 is 0 Å². The third kappa shape index (κ3) is 1.84. The molecule has 3 rings (SSSR count). The first-order valence-electron chi connectivity index (χ1n) is 5.55. The molecular formula is C13H9N5S. The van der Waals surface area contributed by atoms with Crippen LogP contribution in [0.4, 0.5) is 5.69 Å². The Kier molecular flexibility index (Phi) is 2.89. The average molecular weight is 267 g/mol. The van der Waals surface area contributed by atoms with Crippen LogP contribution in [-0.4, -0.2) is 25.8 Å². The summed E-state index contributed by atoms with van der Waals surface area (Å²) in [6.45, 7) is 7.27. The molecule has 6 heteroatoms. The lowest BCUT2D eigenvalue weighted by Crippen LogP contribution is -1.97. The van der Waals surface area contributed by atoms with Gasteiger partial charge >= 0.3 is 0 Å². The van der Waals surface area contributed by atoms with Gasteiger partial charge in [0.05, 0.1) is 6.57 Å². The van der Waals surface area contributed by atoms with E-state index in [-0.39, 0.29) is 0 Å². The van der Waals surface area contributed by atoms with Gasteiger partial charge in [-0.15, -0.1) is 22.0 Å². The summed E-state index contributed by atoms with van der Waals surface area (Å²) in [4.78, 5) is 8.08. The van der Waals surface area contributed by atoms with Crippen LogP contribution in [0.1, 0.15) is 0 Å². The van der Waals surface area contributed by atoms with Gasteiger partial charge in [-0.25, -0.2) is 9.83 Å². The number of thioether (sulfide) groups is 1. The van der Waals surface area contributed by atoms with Gasteiger partial charge in [-0.1, -0.05) is 30.3 Å². The second-order valence-electron chi connectivity index (χ2n) is 3.80. The van der Waals surface area contributed by atoms with Crippen molar-refractivity contribution in [2.75, 3.05) is 6.26 Å². The SMILES string of the molecule is [C-]#[N+]c1c(SC)nc(-c2ccccc2)n2cnnc12. The highest BCUT2D eigenvalue weighted by atomic mass is 32.2. The summed E-state index contributed by atoms with van der Waals surface area (Å²) in [5.74, 6) is 0.748. The molecule has 5 nitrogen and oxygen atoms in total. The maximum Gasteiger partial charge on any atom is 0.262 e. The lowest BCUT2D eigenvalue weighted by Gasteiger charge is -2.08. The minimum absolute atomic E-state index is 0.449. The van der Waals surface area contributed by atoms with Crippen molar-refractivity contribution in [1.82, 2.24) is 19.6 Å². The van der Waals surface area contributed by atoms with Crippen LogP contribution in [0.3, 0.4) is 0 Å². The zero-order valence-corrected chi connectivity index (χ0v) is 10.9. The average Bonchev–Trinajstić information content (AvgIpc) is 2.95. The molecule has 1 aromatic carbocycles. The Labute approximate surface area is 114 Å². The fraction of sp³-hybridized carbons (Fsp3) is 0.0769. The lowest BCUT2D eigenvalue weighted by atomic mass is 10.2. The molecule has 0 amide bonds. The first-order chi connectivity index (χ1) is 9.35. The monoisotopic (exact) mass is 267 g/mol. The van der Waals surface area contributed by atoms with Gasteiger partial charge in [0.2, 0.25) is 0 Å². The largest absolute Gasteiger partial charge is 0.274 e. The highest BCUT2D eigenvalue weighted by molar-refractivity contribution is 7.98. The number of benzene rings is 1. The summed E-state index contributed by atoms with van der Waals surface area (Å²) in [6.07, 6.45) is 3.49. The summed E-state index contributed by atoms with van der Waals surface area (Å²) < 4.78 is 1.75. The van der Waals surface area contributed by atoms with E-state index < -0.39 is 0 Å². The van der Waals surface area contributed by atoms with E-state index in [1.165, 1.54) is 11.8 Å². The van der Waals surface area contributed by atoms with Crippen molar-refractivity contribution in [3.05, 3.63) is 48.1 Å². The first kappa shape index (κ1) is 11.7. The molecule has 0 saturated carbocycles. The van der Waals surface area contributed by atoms with Crippen LogP contribution in [0.5, 0.6) is 0 Å². The second-order valence-corrected chi connectivity index (χ2v) is 4.59. The van der Waals surface area contributed by atoms with Crippen LogP contribution in [0.15, 0.2) is 41.7 Å². The van der Waals surface area contributed by atoms with Crippen molar-refractivity contribution < 1.29 is 0 Å². The van der Waals surface area contributed by atoms with E-state index in [4.69, 9.17) is 6.57 Å². The van der Waals surface area contributed by atoms with Gasteiger partial charge in [0, 0.05) is 5.56 Å². The minimum Gasteiger partial charge on any atom is -0.274 e. The second kappa shape index (κ2) is 4.71. The Morgan fingerprint density at radius 2 is 2.05 bits per heavy atom. The van der Waals surface area contributed by atoms with Gasteiger partial charge in [0.15, 0.2) is 5.65 Å². The Bertz CT molecular complexity index is 773.